The van der Waals surface area contributed by atoms with E-state index in [4.69, 9.17) is 4.74 Å². The zero-order valence-corrected chi connectivity index (χ0v) is 17.9. The molecule has 1 rings (SSSR count). The van der Waals surface area contributed by atoms with Gasteiger partial charge in [-0.05, 0) is 57.9 Å². The van der Waals surface area contributed by atoms with E-state index in [0.29, 0.717) is 5.69 Å². The van der Waals surface area contributed by atoms with Gasteiger partial charge in [0.2, 0.25) is 0 Å². The lowest BCUT2D eigenvalue weighted by Gasteiger charge is -2.21. The van der Waals surface area contributed by atoms with Crippen LogP contribution in [0.25, 0.3) is 0 Å². The van der Waals surface area contributed by atoms with E-state index in [0.717, 1.165) is 10.4 Å². The standard InChI is InChI=1S/C15H21BrN2O3.C4H10/c1-10(9-13(19)21-15(2,3)4)17-14(20)18-12-7-5-11(16)6-8-12;1-4(2)3/h5-8,10H,9H2,1-4H3,(H2,17,18,20);4H,1-3H3. The van der Waals surface area contributed by atoms with E-state index in [1.807, 2.05) is 32.9 Å². The quantitative estimate of drug-likeness (QED) is 0.651. The van der Waals surface area contributed by atoms with Gasteiger partial charge in [0.25, 0.3) is 0 Å². The lowest BCUT2D eigenvalue weighted by Crippen LogP contribution is -2.38. The summed E-state index contributed by atoms with van der Waals surface area (Å²) in [6.07, 6.45) is 0.130. The average molecular weight is 415 g/mol. The molecule has 2 amide bonds. The Morgan fingerprint density at radius 3 is 2.00 bits per heavy atom. The molecule has 0 aliphatic heterocycles. The van der Waals surface area contributed by atoms with E-state index in [-0.39, 0.29) is 24.5 Å². The number of anilines is 1. The molecule has 1 aromatic rings. The predicted molar refractivity (Wildman–Crippen MR) is 107 cm³/mol. The second-order valence-electron chi connectivity index (χ2n) is 7.53. The van der Waals surface area contributed by atoms with Gasteiger partial charge >= 0.3 is 12.0 Å². The number of ether oxygens (including phenoxy) is 1. The normalized spacial score (nSPS) is 11.9. The molecule has 0 spiro atoms. The predicted octanol–water partition coefficient (Wildman–Crippen LogP) is 5.35. The Kier molecular flexibility index (Phi) is 10.4. The van der Waals surface area contributed by atoms with Gasteiger partial charge in [-0.3, -0.25) is 4.79 Å². The number of amides is 2. The van der Waals surface area contributed by atoms with Crippen molar-refractivity contribution in [2.75, 3.05) is 5.32 Å². The van der Waals surface area contributed by atoms with Gasteiger partial charge in [-0.1, -0.05) is 36.7 Å². The monoisotopic (exact) mass is 414 g/mol. The van der Waals surface area contributed by atoms with Gasteiger partial charge < -0.3 is 15.4 Å². The van der Waals surface area contributed by atoms with Crippen molar-refractivity contribution in [1.29, 1.82) is 0 Å². The van der Waals surface area contributed by atoms with Crippen molar-refractivity contribution < 1.29 is 14.3 Å². The first-order chi connectivity index (χ1) is 11.4. The van der Waals surface area contributed by atoms with Crippen LogP contribution in [-0.4, -0.2) is 23.6 Å². The molecule has 6 heteroatoms. The Hall–Kier alpha value is -1.56. The Morgan fingerprint density at radius 1 is 1.08 bits per heavy atom. The van der Waals surface area contributed by atoms with Gasteiger partial charge in [-0.25, -0.2) is 4.79 Å². The van der Waals surface area contributed by atoms with Gasteiger partial charge in [-0.2, -0.15) is 0 Å². The first-order valence-corrected chi connectivity index (χ1v) is 9.23. The van der Waals surface area contributed by atoms with Crippen molar-refractivity contribution >= 4 is 33.6 Å². The van der Waals surface area contributed by atoms with Crippen LogP contribution in [-0.2, 0) is 9.53 Å². The topological polar surface area (TPSA) is 67.4 Å². The van der Waals surface area contributed by atoms with Gasteiger partial charge in [0.15, 0.2) is 0 Å². The van der Waals surface area contributed by atoms with Gasteiger partial charge in [0.05, 0.1) is 6.42 Å². The van der Waals surface area contributed by atoms with Gasteiger partial charge in [0, 0.05) is 16.2 Å². The zero-order valence-electron chi connectivity index (χ0n) is 16.3. The molecule has 1 unspecified atom stereocenters. The molecule has 142 valence electrons. The van der Waals surface area contributed by atoms with Crippen LogP contribution >= 0.6 is 15.9 Å². The molecule has 1 aromatic carbocycles. The van der Waals surface area contributed by atoms with Crippen LogP contribution in [0.4, 0.5) is 10.5 Å². The molecule has 0 aromatic heterocycles. The molecule has 0 radical (unpaired) electrons. The summed E-state index contributed by atoms with van der Waals surface area (Å²) in [7, 11) is 0. The minimum atomic E-state index is -0.517. The molecule has 0 saturated carbocycles. The number of halogens is 1. The highest BCUT2D eigenvalue weighted by Gasteiger charge is 2.19. The van der Waals surface area contributed by atoms with Crippen LogP contribution in [0.5, 0.6) is 0 Å². The summed E-state index contributed by atoms with van der Waals surface area (Å²) in [5, 5.41) is 5.40. The smallest absolute Gasteiger partial charge is 0.319 e. The first-order valence-electron chi connectivity index (χ1n) is 8.44. The molecule has 0 bridgehead atoms. The molecule has 0 saturated heterocycles. The zero-order chi connectivity index (χ0) is 19.6. The number of benzene rings is 1. The van der Waals surface area contributed by atoms with E-state index >= 15 is 0 Å². The second kappa shape index (κ2) is 11.1. The van der Waals surface area contributed by atoms with E-state index in [9.17, 15) is 9.59 Å². The number of nitrogens with one attached hydrogen (secondary N) is 2. The maximum atomic E-state index is 11.8. The fraction of sp³-hybridized carbons (Fsp3) is 0.579. The largest absolute Gasteiger partial charge is 0.460 e. The highest BCUT2D eigenvalue weighted by atomic mass is 79.9. The summed E-state index contributed by atoms with van der Waals surface area (Å²) in [5.74, 6) is 0.499. The van der Waals surface area contributed by atoms with Crippen LogP contribution in [0.3, 0.4) is 0 Å². The maximum absolute atomic E-state index is 11.8. The molecule has 0 heterocycles. The molecular weight excluding hydrogens is 384 g/mol. The third-order valence-corrected chi connectivity index (χ3v) is 2.90. The minimum absolute atomic E-state index is 0.130. The van der Waals surface area contributed by atoms with Gasteiger partial charge in [0.1, 0.15) is 5.60 Å². The summed E-state index contributed by atoms with van der Waals surface area (Å²) < 4.78 is 6.14. The molecular formula is C19H31BrN2O3. The highest BCUT2D eigenvalue weighted by Crippen LogP contribution is 2.14. The van der Waals surface area contributed by atoms with Crippen molar-refractivity contribution in [2.45, 2.75) is 66.5 Å². The van der Waals surface area contributed by atoms with E-state index < -0.39 is 5.60 Å². The molecule has 0 aliphatic rings. The Labute approximate surface area is 160 Å². The molecule has 0 fully saturated rings. The molecule has 1 atom stereocenters. The highest BCUT2D eigenvalue weighted by molar-refractivity contribution is 9.10. The minimum Gasteiger partial charge on any atom is -0.460 e. The third-order valence-electron chi connectivity index (χ3n) is 2.37. The van der Waals surface area contributed by atoms with Crippen LogP contribution < -0.4 is 10.6 Å². The number of rotatable bonds is 4. The lowest BCUT2D eigenvalue weighted by molar-refractivity contribution is -0.155. The van der Waals surface area contributed by atoms with Crippen molar-refractivity contribution in [2.24, 2.45) is 5.92 Å². The molecule has 25 heavy (non-hydrogen) atoms. The SMILES string of the molecule is CC(C)C.CC(CC(=O)OC(C)(C)C)NC(=O)Nc1ccc(Br)cc1. The number of hydrogen-bond donors (Lipinski definition) is 2. The summed E-state index contributed by atoms with van der Waals surface area (Å²) in [6.45, 7) is 13.7. The number of carbonyl (C=O) groups is 2. The van der Waals surface area contributed by atoms with Crippen molar-refractivity contribution in [1.82, 2.24) is 5.32 Å². The second-order valence-corrected chi connectivity index (χ2v) is 8.44. The summed E-state index contributed by atoms with van der Waals surface area (Å²) in [4.78, 5) is 23.4. The molecule has 2 N–H and O–H groups in total. The number of carbonyl (C=O) groups excluding carboxylic acids is 2. The van der Waals surface area contributed by atoms with Crippen molar-refractivity contribution in [3.05, 3.63) is 28.7 Å². The molecule has 0 aliphatic carbocycles. The van der Waals surface area contributed by atoms with Gasteiger partial charge in [-0.15, -0.1) is 0 Å². The van der Waals surface area contributed by atoms with Crippen molar-refractivity contribution in [3.8, 4) is 0 Å². The summed E-state index contributed by atoms with van der Waals surface area (Å²) in [5.41, 5.74) is 0.163. The van der Waals surface area contributed by atoms with Crippen LogP contribution in [0, 0.1) is 5.92 Å². The lowest BCUT2D eigenvalue weighted by atomic mass is 10.2. The van der Waals surface area contributed by atoms with Crippen molar-refractivity contribution in [3.63, 3.8) is 0 Å². The number of esters is 1. The van der Waals surface area contributed by atoms with E-state index in [1.54, 1.807) is 19.1 Å². The summed E-state index contributed by atoms with van der Waals surface area (Å²) >= 11 is 3.32. The average Bonchev–Trinajstić information content (AvgIpc) is 2.37. The molecule has 5 nitrogen and oxygen atoms in total. The van der Waals surface area contributed by atoms with Crippen LogP contribution in [0.1, 0.15) is 54.9 Å². The van der Waals surface area contributed by atoms with Crippen LogP contribution in [0.2, 0.25) is 0 Å². The summed E-state index contributed by atoms with van der Waals surface area (Å²) in [6, 6.07) is 6.56. The number of hydrogen-bond acceptors (Lipinski definition) is 3. The van der Waals surface area contributed by atoms with E-state index in [1.165, 1.54) is 0 Å². The Balaban J connectivity index is 0.00000129. The fourth-order valence-electron chi connectivity index (χ4n) is 1.61. The maximum Gasteiger partial charge on any atom is 0.319 e. The first kappa shape index (κ1) is 23.4. The van der Waals surface area contributed by atoms with E-state index in [2.05, 4.69) is 47.3 Å². The van der Waals surface area contributed by atoms with Crippen LogP contribution in [0.15, 0.2) is 28.7 Å². The fourth-order valence-corrected chi connectivity index (χ4v) is 1.87. The number of urea groups is 1. The Bertz CT molecular complexity index is 534. The Morgan fingerprint density at radius 2 is 1.56 bits per heavy atom. The third kappa shape index (κ3) is 14.5.